The molecule has 0 fully saturated rings. The first kappa shape index (κ1) is 14.5. The van der Waals surface area contributed by atoms with Crippen LogP contribution in [0.4, 0.5) is 0 Å². The Morgan fingerprint density at radius 1 is 1.28 bits per heavy atom. The molecule has 0 bridgehead atoms. The highest BCUT2D eigenvalue weighted by Gasteiger charge is 2.15. The highest BCUT2D eigenvalue weighted by Crippen LogP contribution is 2.12. The smallest absolute Gasteiger partial charge is 0.335 e. The van der Waals surface area contributed by atoms with Gasteiger partial charge in [-0.05, 0) is 38.1 Å². The van der Waals surface area contributed by atoms with E-state index in [-0.39, 0.29) is 17.9 Å². The van der Waals surface area contributed by atoms with Gasteiger partial charge in [-0.3, -0.25) is 0 Å². The number of rotatable bonds is 6. The van der Waals surface area contributed by atoms with Crippen LogP contribution in [0, 0.1) is 0 Å². The minimum atomic E-state index is -3.11. The van der Waals surface area contributed by atoms with Gasteiger partial charge in [0.15, 0.2) is 9.84 Å². The number of carboxylic acids is 1. The molecule has 5 nitrogen and oxygen atoms in total. The van der Waals surface area contributed by atoms with E-state index in [9.17, 15) is 13.2 Å². The van der Waals surface area contributed by atoms with Gasteiger partial charge in [0.2, 0.25) is 0 Å². The molecule has 0 aliphatic heterocycles. The molecule has 1 aromatic carbocycles. The quantitative estimate of drug-likeness (QED) is 0.850. The van der Waals surface area contributed by atoms with Crippen molar-refractivity contribution >= 4 is 15.8 Å². The second-order valence-electron chi connectivity index (χ2n) is 4.09. The summed E-state index contributed by atoms with van der Waals surface area (Å²) in [6.45, 7) is 3.31. The normalized spacial score (nSPS) is 11.5. The van der Waals surface area contributed by atoms with Crippen molar-refractivity contribution in [1.29, 1.82) is 0 Å². The van der Waals surface area contributed by atoms with Gasteiger partial charge in [-0.15, -0.1) is 0 Å². The molecule has 1 aromatic rings. The molecule has 0 spiro atoms. The van der Waals surface area contributed by atoms with Crippen molar-refractivity contribution in [3.8, 4) is 5.75 Å². The van der Waals surface area contributed by atoms with E-state index in [1.165, 1.54) is 24.3 Å². The van der Waals surface area contributed by atoms with E-state index in [1.54, 1.807) is 13.8 Å². The monoisotopic (exact) mass is 272 g/mol. The molecule has 0 aliphatic rings. The van der Waals surface area contributed by atoms with Crippen LogP contribution in [0.3, 0.4) is 0 Å². The van der Waals surface area contributed by atoms with Crippen molar-refractivity contribution in [2.75, 3.05) is 12.4 Å². The number of carboxylic acid groups (broad SMARTS) is 1. The number of carbonyl (C=O) groups is 1. The van der Waals surface area contributed by atoms with Crippen molar-refractivity contribution in [1.82, 2.24) is 0 Å². The van der Waals surface area contributed by atoms with Crippen LogP contribution in [0.15, 0.2) is 24.3 Å². The third kappa shape index (κ3) is 4.03. The van der Waals surface area contributed by atoms with Gasteiger partial charge < -0.3 is 9.84 Å². The number of sulfone groups is 1. The standard InChI is InChI=1S/C12H16O5S/c1-9(2)18(15,16)8-7-17-11-5-3-10(4-6-11)12(13)14/h3-6,9H,7-8H2,1-2H3,(H,13,14). The SMILES string of the molecule is CC(C)S(=O)(=O)CCOc1ccc(C(=O)O)cc1. The maximum Gasteiger partial charge on any atom is 0.335 e. The molecule has 0 radical (unpaired) electrons. The first-order valence-electron chi connectivity index (χ1n) is 5.50. The van der Waals surface area contributed by atoms with Crippen LogP contribution in [-0.2, 0) is 9.84 Å². The maximum absolute atomic E-state index is 11.5. The van der Waals surface area contributed by atoms with Crippen LogP contribution in [-0.4, -0.2) is 37.1 Å². The summed E-state index contributed by atoms with van der Waals surface area (Å²) in [4.78, 5) is 10.6. The first-order valence-corrected chi connectivity index (χ1v) is 7.22. The fourth-order valence-corrected chi connectivity index (χ4v) is 1.99. The Labute approximate surface area is 106 Å². The molecule has 1 N–H and O–H groups in total. The Bertz CT molecular complexity index is 502. The second kappa shape index (κ2) is 5.86. The summed E-state index contributed by atoms with van der Waals surface area (Å²) in [7, 11) is -3.11. The van der Waals surface area contributed by atoms with Crippen molar-refractivity contribution in [2.45, 2.75) is 19.1 Å². The number of hydrogen-bond donors (Lipinski definition) is 1. The lowest BCUT2D eigenvalue weighted by Crippen LogP contribution is -2.22. The maximum atomic E-state index is 11.5. The van der Waals surface area contributed by atoms with Gasteiger partial charge in [-0.1, -0.05) is 0 Å². The first-order chi connectivity index (χ1) is 8.33. The highest BCUT2D eigenvalue weighted by molar-refractivity contribution is 7.91. The van der Waals surface area contributed by atoms with E-state index < -0.39 is 21.1 Å². The van der Waals surface area contributed by atoms with Gasteiger partial charge in [-0.2, -0.15) is 0 Å². The molecule has 0 unspecified atom stereocenters. The van der Waals surface area contributed by atoms with Crippen LogP contribution in [0.2, 0.25) is 0 Å². The number of ether oxygens (including phenoxy) is 1. The van der Waals surface area contributed by atoms with Crippen molar-refractivity contribution in [2.24, 2.45) is 0 Å². The Hall–Kier alpha value is -1.56. The summed E-state index contributed by atoms with van der Waals surface area (Å²) < 4.78 is 28.3. The molecular formula is C12H16O5S. The summed E-state index contributed by atoms with van der Waals surface area (Å²) in [5.41, 5.74) is 0.164. The lowest BCUT2D eigenvalue weighted by Gasteiger charge is -2.09. The van der Waals surface area contributed by atoms with Gasteiger partial charge in [0.25, 0.3) is 0 Å². The van der Waals surface area contributed by atoms with Gasteiger partial charge in [0.1, 0.15) is 12.4 Å². The Morgan fingerprint density at radius 2 is 1.83 bits per heavy atom. The minimum absolute atomic E-state index is 0.0502. The van der Waals surface area contributed by atoms with Crippen molar-refractivity contribution in [3.05, 3.63) is 29.8 Å². The number of aromatic carboxylic acids is 1. The van der Waals surface area contributed by atoms with E-state index in [1.807, 2.05) is 0 Å². The zero-order valence-electron chi connectivity index (χ0n) is 10.3. The topological polar surface area (TPSA) is 80.7 Å². The van der Waals surface area contributed by atoms with E-state index in [0.717, 1.165) is 0 Å². The summed E-state index contributed by atoms with van der Waals surface area (Å²) in [6, 6.07) is 5.83. The van der Waals surface area contributed by atoms with Crippen LogP contribution < -0.4 is 4.74 Å². The lowest BCUT2D eigenvalue weighted by molar-refractivity contribution is 0.0697. The molecule has 18 heavy (non-hydrogen) atoms. The summed E-state index contributed by atoms with van der Waals surface area (Å²) in [5.74, 6) is -0.603. The summed E-state index contributed by atoms with van der Waals surface area (Å²) in [5, 5.41) is 8.28. The lowest BCUT2D eigenvalue weighted by atomic mass is 10.2. The predicted octanol–water partition coefficient (Wildman–Crippen LogP) is 1.59. The van der Waals surface area contributed by atoms with Crippen LogP contribution in [0.5, 0.6) is 5.75 Å². The molecule has 0 saturated heterocycles. The molecule has 6 heteroatoms. The average Bonchev–Trinajstić information content (AvgIpc) is 2.29. The molecule has 100 valence electrons. The molecule has 0 heterocycles. The van der Waals surface area contributed by atoms with Gasteiger partial charge in [0, 0.05) is 0 Å². The summed E-state index contributed by atoms with van der Waals surface area (Å²) >= 11 is 0. The van der Waals surface area contributed by atoms with E-state index in [0.29, 0.717) is 5.75 Å². The fraction of sp³-hybridized carbons (Fsp3) is 0.417. The Kier molecular flexibility index (Phi) is 4.72. The molecule has 0 aliphatic carbocycles. The average molecular weight is 272 g/mol. The van der Waals surface area contributed by atoms with Gasteiger partial charge in [0.05, 0.1) is 16.6 Å². The van der Waals surface area contributed by atoms with Crippen molar-refractivity contribution in [3.63, 3.8) is 0 Å². The third-order valence-electron chi connectivity index (χ3n) is 2.46. The van der Waals surface area contributed by atoms with Crippen LogP contribution in [0.1, 0.15) is 24.2 Å². The number of benzene rings is 1. The molecule has 1 rings (SSSR count). The van der Waals surface area contributed by atoms with Gasteiger partial charge >= 0.3 is 5.97 Å². The Balaban J connectivity index is 2.52. The van der Waals surface area contributed by atoms with E-state index >= 15 is 0 Å². The van der Waals surface area contributed by atoms with Crippen molar-refractivity contribution < 1.29 is 23.1 Å². The minimum Gasteiger partial charge on any atom is -0.493 e. The molecule has 0 atom stereocenters. The second-order valence-corrected chi connectivity index (χ2v) is 6.77. The molecule has 0 amide bonds. The number of hydrogen-bond acceptors (Lipinski definition) is 4. The predicted molar refractivity (Wildman–Crippen MR) is 67.8 cm³/mol. The van der Waals surface area contributed by atoms with E-state index in [2.05, 4.69) is 0 Å². The third-order valence-corrected chi connectivity index (χ3v) is 4.63. The molecule has 0 aromatic heterocycles. The zero-order chi connectivity index (χ0) is 13.8. The zero-order valence-corrected chi connectivity index (χ0v) is 11.1. The van der Waals surface area contributed by atoms with E-state index in [4.69, 9.17) is 9.84 Å². The summed E-state index contributed by atoms with van der Waals surface area (Å²) in [6.07, 6.45) is 0. The van der Waals surface area contributed by atoms with Crippen LogP contribution >= 0.6 is 0 Å². The highest BCUT2D eigenvalue weighted by atomic mass is 32.2. The molecule has 0 saturated carbocycles. The largest absolute Gasteiger partial charge is 0.493 e. The molecular weight excluding hydrogens is 256 g/mol. The Morgan fingerprint density at radius 3 is 2.28 bits per heavy atom. The fourth-order valence-electron chi connectivity index (χ4n) is 1.21. The van der Waals surface area contributed by atoms with Crippen LogP contribution in [0.25, 0.3) is 0 Å². The van der Waals surface area contributed by atoms with Gasteiger partial charge in [-0.25, -0.2) is 13.2 Å².